The molecule has 0 unspecified atom stereocenters. The van der Waals surface area contributed by atoms with E-state index in [0.717, 1.165) is 24.3 Å². The van der Waals surface area contributed by atoms with Crippen molar-refractivity contribution in [3.8, 4) is 0 Å². The Labute approximate surface area is 250 Å². The number of urea groups is 1. The summed E-state index contributed by atoms with van der Waals surface area (Å²) in [4.78, 5) is 39.3. The number of nitrogens with two attached hydrogens (primary N) is 1. The topological polar surface area (TPSA) is 108 Å². The second-order valence-corrected chi connectivity index (χ2v) is 11.1. The second kappa shape index (κ2) is 15.8. The van der Waals surface area contributed by atoms with Crippen molar-refractivity contribution >= 4 is 69.9 Å². The molecule has 0 bridgehead atoms. The van der Waals surface area contributed by atoms with Crippen LogP contribution < -0.4 is 21.0 Å². The number of nitrogens with zero attached hydrogens (tertiary/aromatic N) is 3. The van der Waals surface area contributed by atoms with Crippen LogP contribution >= 0.6 is 34.8 Å². The van der Waals surface area contributed by atoms with E-state index in [4.69, 9.17) is 40.5 Å². The van der Waals surface area contributed by atoms with Crippen LogP contribution in [0.5, 0.6) is 0 Å². The molecule has 2 aromatic carbocycles. The minimum Gasteiger partial charge on any atom is -0.351 e. The summed E-state index contributed by atoms with van der Waals surface area (Å²) in [5.41, 5.74) is 6.67. The lowest BCUT2D eigenvalue weighted by atomic mass is 10.1. The van der Waals surface area contributed by atoms with Gasteiger partial charge in [0.2, 0.25) is 0 Å². The number of hydrogen-bond acceptors (Lipinski definition) is 4. The van der Waals surface area contributed by atoms with Crippen molar-refractivity contribution in [1.82, 2.24) is 5.32 Å². The van der Waals surface area contributed by atoms with E-state index in [1.807, 2.05) is 0 Å². The van der Waals surface area contributed by atoms with Crippen molar-refractivity contribution < 1.29 is 14.4 Å². The van der Waals surface area contributed by atoms with Crippen LogP contribution in [0.1, 0.15) is 87.9 Å². The molecule has 3 N–H and O–H groups in total. The first-order chi connectivity index (χ1) is 19.2. The lowest BCUT2D eigenvalue weighted by Crippen LogP contribution is -2.37. The Balaban J connectivity index is 1.56. The number of primary amides is 1. The normalized spacial score (nSPS) is 12.9. The summed E-state index contributed by atoms with van der Waals surface area (Å²) in [6.45, 7) is 2.69. The number of hydrogen-bond donors (Lipinski definition) is 2. The first kappa shape index (κ1) is 31.7. The number of halogens is 3. The van der Waals surface area contributed by atoms with Crippen molar-refractivity contribution in [3.05, 3.63) is 57.0 Å². The van der Waals surface area contributed by atoms with E-state index in [2.05, 4.69) is 17.3 Å². The third kappa shape index (κ3) is 9.11. The molecule has 0 saturated carbocycles. The summed E-state index contributed by atoms with van der Waals surface area (Å²) in [6, 6.07) is 8.95. The minimum absolute atomic E-state index is 0.139. The van der Waals surface area contributed by atoms with Gasteiger partial charge in [-0.15, -0.1) is 0 Å². The number of carbonyl (C=O) groups is 3. The molecule has 8 nitrogen and oxygen atoms in total. The quantitative estimate of drug-likeness (QED) is 0.213. The van der Waals surface area contributed by atoms with Crippen molar-refractivity contribution in [2.24, 2.45) is 10.8 Å². The lowest BCUT2D eigenvalue weighted by Gasteiger charge is -2.21. The zero-order valence-corrected chi connectivity index (χ0v) is 25.0. The molecular formula is C29H36Cl3N5O3. The molecule has 216 valence electrons. The monoisotopic (exact) mass is 607 g/mol. The average molecular weight is 609 g/mol. The molecule has 0 fully saturated rings. The van der Waals surface area contributed by atoms with Crippen LogP contribution in [-0.4, -0.2) is 30.2 Å². The van der Waals surface area contributed by atoms with Gasteiger partial charge in [0.25, 0.3) is 11.8 Å². The fourth-order valence-electron chi connectivity index (χ4n) is 4.55. The molecular weight excluding hydrogens is 573 g/mol. The Hall–Kier alpha value is -2.81. The Morgan fingerprint density at radius 2 is 1.55 bits per heavy atom. The number of rotatable bonds is 14. The fraction of sp³-hybridized carbons (Fsp3) is 0.448. The summed E-state index contributed by atoms with van der Waals surface area (Å²) in [6.07, 6.45) is 11.7. The van der Waals surface area contributed by atoms with E-state index < -0.39 is 17.8 Å². The van der Waals surface area contributed by atoms with Gasteiger partial charge < -0.3 is 11.1 Å². The number of benzene rings is 2. The van der Waals surface area contributed by atoms with E-state index in [1.54, 1.807) is 24.3 Å². The Morgan fingerprint density at radius 1 is 0.950 bits per heavy atom. The number of amides is 4. The lowest BCUT2D eigenvalue weighted by molar-refractivity contribution is -0.116. The molecule has 4 amide bonds. The van der Waals surface area contributed by atoms with Crippen molar-refractivity contribution in [3.63, 3.8) is 0 Å². The number of unbranched alkanes of at least 4 members (excludes halogenated alkanes) is 9. The first-order valence-corrected chi connectivity index (χ1v) is 14.9. The van der Waals surface area contributed by atoms with Crippen LogP contribution in [0, 0.1) is 0 Å². The number of carbonyl (C=O) groups excluding carboxylic acids is 3. The van der Waals surface area contributed by atoms with E-state index in [1.165, 1.54) is 62.0 Å². The molecule has 0 aliphatic carbocycles. The van der Waals surface area contributed by atoms with E-state index in [9.17, 15) is 14.4 Å². The highest BCUT2D eigenvalue weighted by Gasteiger charge is 2.30. The predicted molar refractivity (Wildman–Crippen MR) is 164 cm³/mol. The van der Waals surface area contributed by atoms with Crippen LogP contribution in [0.2, 0.25) is 15.1 Å². The summed E-state index contributed by atoms with van der Waals surface area (Å²) in [7, 11) is 0. The van der Waals surface area contributed by atoms with Gasteiger partial charge in [0, 0.05) is 22.8 Å². The van der Waals surface area contributed by atoms with Crippen molar-refractivity contribution in [1.29, 1.82) is 0 Å². The fourth-order valence-corrected chi connectivity index (χ4v) is 5.53. The zero-order chi connectivity index (χ0) is 29.1. The smallest absolute Gasteiger partial charge is 0.319 e. The molecule has 1 aliphatic heterocycles. The van der Waals surface area contributed by atoms with Crippen LogP contribution in [0.4, 0.5) is 16.2 Å². The van der Waals surface area contributed by atoms with E-state index in [0.29, 0.717) is 22.8 Å². The number of nitrogens with one attached hydrogen (secondary N) is 1. The van der Waals surface area contributed by atoms with Crippen molar-refractivity contribution in [2.75, 3.05) is 16.5 Å². The van der Waals surface area contributed by atoms with Crippen LogP contribution in [0.25, 0.3) is 0 Å². The first-order valence-electron chi connectivity index (χ1n) is 13.7. The van der Waals surface area contributed by atoms with Crippen molar-refractivity contribution in [2.45, 2.75) is 77.6 Å². The molecule has 0 aromatic heterocycles. The highest BCUT2D eigenvalue weighted by Crippen LogP contribution is 2.38. The third-order valence-electron chi connectivity index (χ3n) is 6.65. The second-order valence-electron chi connectivity index (χ2n) is 9.82. The SMILES string of the molecule is CCCCCCCCCCCCN(C(N)=O)c1cccc(C(=O)NC2=NN(c3c(Cl)cc(Cl)cc3Cl)C(=O)C2)c1. The molecule has 1 aliphatic rings. The number of amidine groups is 1. The van der Waals surface area contributed by atoms with Gasteiger partial charge in [-0.05, 0) is 36.8 Å². The largest absolute Gasteiger partial charge is 0.351 e. The van der Waals surface area contributed by atoms with Crippen LogP contribution in [0.15, 0.2) is 41.5 Å². The summed E-state index contributed by atoms with van der Waals surface area (Å²) >= 11 is 18.4. The third-order valence-corrected chi connectivity index (χ3v) is 7.44. The van der Waals surface area contributed by atoms with Gasteiger partial charge in [-0.1, -0.05) is 106 Å². The van der Waals surface area contributed by atoms with Gasteiger partial charge in [-0.3, -0.25) is 14.5 Å². The van der Waals surface area contributed by atoms with Gasteiger partial charge in [0.15, 0.2) is 0 Å². The van der Waals surface area contributed by atoms with Gasteiger partial charge in [0.05, 0.1) is 16.5 Å². The number of anilines is 2. The molecule has 40 heavy (non-hydrogen) atoms. The maximum absolute atomic E-state index is 13.0. The van der Waals surface area contributed by atoms with Crippen LogP contribution in [0.3, 0.4) is 0 Å². The maximum atomic E-state index is 13.0. The molecule has 0 atom stereocenters. The molecule has 0 spiro atoms. The van der Waals surface area contributed by atoms with Gasteiger partial charge in [-0.25, -0.2) is 4.79 Å². The van der Waals surface area contributed by atoms with Gasteiger partial charge >= 0.3 is 6.03 Å². The molecule has 0 saturated heterocycles. The molecule has 2 aromatic rings. The van der Waals surface area contributed by atoms with Crippen LogP contribution in [-0.2, 0) is 4.79 Å². The molecule has 0 radical (unpaired) electrons. The minimum atomic E-state index is -0.577. The highest BCUT2D eigenvalue weighted by molar-refractivity contribution is 6.42. The summed E-state index contributed by atoms with van der Waals surface area (Å²) < 4.78 is 0. The van der Waals surface area contributed by atoms with E-state index >= 15 is 0 Å². The Bertz CT molecular complexity index is 1210. The summed E-state index contributed by atoms with van der Waals surface area (Å²) in [5, 5.41) is 8.55. The summed E-state index contributed by atoms with van der Waals surface area (Å²) in [5.74, 6) is -0.752. The number of hydrazone groups is 1. The Morgan fingerprint density at radius 3 is 2.15 bits per heavy atom. The highest BCUT2D eigenvalue weighted by atomic mass is 35.5. The standard InChI is InChI=1S/C29H36Cl3N5O3/c1-2-3-4-5-6-7-8-9-10-11-15-36(29(33)40)22-14-12-13-20(16-22)28(39)34-25-19-26(38)37(35-25)27-23(31)17-21(30)18-24(27)32/h12-14,16-18H,2-11,15,19H2,1H3,(H2,33,40)(H,34,35,39). The van der Waals surface area contributed by atoms with Gasteiger partial charge in [-0.2, -0.15) is 10.1 Å². The average Bonchev–Trinajstić information content (AvgIpc) is 3.25. The van der Waals surface area contributed by atoms with E-state index in [-0.39, 0.29) is 28.0 Å². The molecule has 1 heterocycles. The van der Waals surface area contributed by atoms with Gasteiger partial charge in [0.1, 0.15) is 11.5 Å². The Kier molecular flexibility index (Phi) is 12.6. The maximum Gasteiger partial charge on any atom is 0.319 e. The predicted octanol–water partition coefficient (Wildman–Crippen LogP) is 7.93. The molecule has 3 rings (SSSR count). The zero-order valence-electron chi connectivity index (χ0n) is 22.7. The molecule has 11 heteroatoms.